The highest BCUT2D eigenvalue weighted by molar-refractivity contribution is 5.39. The molecule has 0 amide bonds. The van der Waals surface area contributed by atoms with Crippen LogP contribution in [0.1, 0.15) is 33.7 Å². The van der Waals surface area contributed by atoms with Gasteiger partial charge in [-0.15, -0.1) is 0 Å². The summed E-state index contributed by atoms with van der Waals surface area (Å²) < 4.78 is 13.5. The van der Waals surface area contributed by atoms with Crippen LogP contribution >= 0.6 is 0 Å². The highest BCUT2D eigenvalue weighted by Gasteiger charge is 2.15. The maximum absolute atomic E-state index is 13.5. The van der Waals surface area contributed by atoms with E-state index in [4.69, 9.17) is 0 Å². The van der Waals surface area contributed by atoms with Crippen molar-refractivity contribution in [3.8, 4) is 0 Å². The lowest BCUT2D eigenvalue weighted by molar-refractivity contribution is 0.599. The molecule has 0 heterocycles. The molecule has 0 radical (unpaired) electrons. The lowest BCUT2D eigenvalue weighted by atomic mass is 9.87. The molecule has 2 aromatic carbocycles. The average molecular weight is 285 g/mol. The van der Waals surface area contributed by atoms with Gasteiger partial charge in [0, 0.05) is 12.5 Å². The van der Waals surface area contributed by atoms with E-state index in [1.54, 1.807) is 12.1 Å². The maximum atomic E-state index is 13.5. The predicted molar refractivity (Wildman–Crippen MR) is 87.4 cm³/mol. The third-order valence-electron chi connectivity index (χ3n) is 4.06. The summed E-state index contributed by atoms with van der Waals surface area (Å²) in [4.78, 5) is 0. The summed E-state index contributed by atoms with van der Waals surface area (Å²) in [5.41, 5.74) is 6.38. The highest BCUT2D eigenvalue weighted by atomic mass is 19.1. The Labute approximate surface area is 127 Å². The second-order valence-electron chi connectivity index (χ2n) is 5.89. The van der Waals surface area contributed by atoms with Gasteiger partial charge in [0.15, 0.2) is 0 Å². The predicted octanol–water partition coefficient (Wildman–Crippen LogP) is 4.30. The van der Waals surface area contributed by atoms with E-state index in [0.717, 1.165) is 18.5 Å². The molecule has 1 unspecified atom stereocenters. The van der Waals surface area contributed by atoms with Gasteiger partial charge in [-0.25, -0.2) is 4.39 Å². The van der Waals surface area contributed by atoms with Crippen molar-refractivity contribution >= 4 is 0 Å². The monoisotopic (exact) mass is 285 g/mol. The summed E-state index contributed by atoms with van der Waals surface area (Å²) in [6.45, 7) is 7.30. The number of likely N-dealkylation sites (N-methyl/N-ethyl adjacent to an activating group) is 1. The summed E-state index contributed by atoms with van der Waals surface area (Å²) in [6, 6.07) is 11.4. The SMILES string of the molecule is CNCC(Cc1c(C)cc(C)cc1C)c1cccc(F)c1. The number of nitrogens with one attached hydrogen (secondary N) is 1. The van der Waals surface area contributed by atoms with Crippen LogP contribution in [0.5, 0.6) is 0 Å². The molecular formula is C19H24FN. The standard InChI is InChI=1S/C19H24FN/c1-13-8-14(2)19(15(3)9-13)11-17(12-21-4)16-6-5-7-18(20)10-16/h5-10,17,21H,11-12H2,1-4H3. The van der Waals surface area contributed by atoms with Crippen molar-refractivity contribution in [3.05, 3.63) is 70.0 Å². The topological polar surface area (TPSA) is 12.0 Å². The van der Waals surface area contributed by atoms with Crippen molar-refractivity contribution in [1.29, 1.82) is 0 Å². The molecule has 0 bridgehead atoms. The van der Waals surface area contributed by atoms with Crippen LogP contribution in [0.4, 0.5) is 4.39 Å². The Morgan fingerprint density at radius 2 is 1.71 bits per heavy atom. The molecule has 1 atom stereocenters. The van der Waals surface area contributed by atoms with E-state index in [-0.39, 0.29) is 11.7 Å². The first-order chi connectivity index (χ1) is 10.0. The maximum Gasteiger partial charge on any atom is 0.123 e. The van der Waals surface area contributed by atoms with E-state index in [9.17, 15) is 4.39 Å². The summed E-state index contributed by atoms with van der Waals surface area (Å²) >= 11 is 0. The second kappa shape index (κ2) is 6.86. The van der Waals surface area contributed by atoms with E-state index < -0.39 is 0 Å². The second-order valence-corrected chi connectivity index (χ2v) is 5.89. The average Bonchev–Trinajstić information content (AvgIpc) is 2.41. The van der Waals surface area contributed by atoms with Gasteiger partial charge in [0.05, 0.1) is 0 Å². The molecule has 21 heavy (non-hydrogen) atoms. The van der Waals surface area contributed by atoms with Gasteiger partial charge in [0.1, 0.15) is 5.82 Å². The van der Waals surface area contributed by atoms with Gasteiger partial charge >= 0.3 is 0 Å². The van der Waals surface area contributed by atoms with Crippen LogP contribution in [-0.4, -0.2) is 13.6 Å². The Bertz CT molecular complexity index is 596. The molecule has 0 saturated heterocycles. The molecule has 2 aromatic rings. The summed E-state index contributed by atoms with van der Waals surface area (Å²) in [5.74, 6) is 0.122. The zero-order valence-corrected chi connectivity index (χ0v) is 13.3. The fourth-order valence-corrected chi connectivity index (χ4v) is 3.09. The fraction of sp³-hybridized carbons (Fsp3) is 0.368. The van der Waals surface area contributed by atoms with Gasteiger partial charge in [0.2, 0.25) is 0 Å². The van der Waals surface area contributed by atoms with Crippen LogP contribution in [0.3, 0.4) is 0 Å². The van der Waals surface area contributed by atoms with Crippen LogP contribution < -0.4 is 5.32 Å². The molecule has 0 saturated carbocycles. The van der Waals surface area contributed by atoms with Gasteiger partial charge in [0.25, 0.3) is 0 Å². The summed E-state index contributed by atoms with van der Waals surface area (Å²) in [5, 5.41) is 3.23. The van der Waals surface area contributed by atoms with Gasteiger partial charge < -0.3 is 5.32 Å². The molecule has 0 aliphatic carbocycles. The van der Waals surface area contributed by atoms with Gasteiger partial charge in [-0.2, -0.15) is 0 Å². The minimum absolute atomic E-state index is 0.161. The summed E-state index contributed by atoms with van der Waals surface area (Å²) in [7, 11) is 1.95. The van der Waals surface area contributed by atoms with Crippen LogP contribution in [0.25, 0.3) is 0 Å². The zero-order valence-electron chi connectivity index (χ0n) is 13.3. The number of hydrogen-bond donors (Lipinski definition) is 1. The Kier molecular flexibility index (Phi) is 5.13. The normalized spacial score (nSPS) is 12.4. The minimum atomic E-state index is -0.161. The highest BCUT2D eigenvalue weighted by Crippen LogP contribution is 2.26. The van der Waals surface area contributed by atoms with Crippen LogP contribution in [0.15, 0.2) is 36.4 Å². The van der Waals surface area contributed by atoms with Gasteiger partial charge in [-0.05, 0) is 68.6 Å². The molecule has 2 heteroatoms. The van der Waals surface area contributed by atoms with E-state index in [0.29, 0.717) is 0 Å². The minimum Gasteiger partial charge on any atom is -0.319 e. The molecule has 112 valence electrons. The first-order valence-corrected chi connectivity index (χ1v) is 7.48. The number of halogens is 1. The third kappa shape index (κ3) is 3.92. The lowest BCUT2D eigenvalue weighted by Crippen LogP contribution is -2.20. The van der Waals surface area contributed by atoms with Crippen molar-refractivity contribution < 1.29 is 4.39 Å². The Hall–Kier alpha value is -1.67. The molecule has 0 spiro atoms. The zero-order chi connectivity index (χ0) is 15.4. The van der Waals surface area contributed by atoms with E-state index >= 15 is 0 Å². The van der Waals surface area contributed by atoms with Crippen molar-refractivity contribution in [1.82, 2.24) is 5.32 Å². The number of benzene rings is 2. The first-order valence-electron chi connectivity index (χ1n) is 7.48. The molecule has 0 aromatic heterocycles. The Morgan fingerprint density at radius 3 is 2.29 bits per heavy atom. The molecule has 0 aliphatic rings. The number of aryl methyl sites for hydroxylation is 3. The third-order valence-corrected chi connectivity index (χ3v) is 4.06. The van der Waals surface area contributed by atoms with E-state index in [2.05, 4.69) is 38.2 Å². The molecule has 2 rings (SSSR count). The Morgan fingerprint density at radius 1 is 1.05 bits per heavy atom. The quantitative estimate of drug-likeness (QED) is 0.864. The molecule has 1 N–H and O–H groups in total. The van der Waals surface area contributed by atoms with Crippen molar-refractivity contribution in [2.24, 2.45) is 0 Å². The van der Waals surface area contributed by atoms with E-state index in [1.807, 2.05) is 13.1 Å². The van der Waals surface area contributed by atoms with Gasteiger partial charge in [-0.3, -0.25) is 0 Å². The molecule has 1 nitrogen and oxygen atoms in total. The largest absolute Gasteiger partial charge is 0.319 e. The van der Waals surface area contributed by atoms with Crippen LogP contribution in [0.2, 0.25) is 0 Å². The van der Waals surface area contributed by atoms with Crippen LogP contribution in [-0.2, 0) is 6.42 Å². The van der Waals surface area contributed by atoms with Crippen molar-refractivity contribution in [3.63, 3.8) is 0 Å². The van der Waals surface area contributed by atoms with Gasteiger partial charge in [-0.1, -0.05) is 29.8 Å². The first kappa shape index (κ1) is 15.7. The van der Waals surface area contributed by atoms with Crippen LogP contribution in [0, 0.1) is 26.6 Å². The van der Waals surface area contributed by atoms with E-state index in [1.165, 1.54) is 28.3 Å². The smallest absolute Gasteiger partial charge is 0.123 e. The van der Waals surface area contributed by atoms with Crippen molar-refractivity contribution in [2.45, 2.75) is 33.1 Å². The molecular weight excluding hydrogens is 261 g/mol. The fourth-order valence-electron chi connectivity index (χ4n) is 3.09. The number of hydrogen-bond acceptors (Lipinski definition) is 1. The summed E-state index contributed by atoms with van der Waals surface area (Å²) in [6.07, 6.45) is 0.933. The molecule has 0 aliphatic heterocycles. The number of rotatable bonds is 5. The molecule has 0 fully saturated rings. The Balaban J connectivity index is 2.33. The lowest BCUT2D eigenvalue weighted by Gasteiger charge is -2.20. The van der Waals surface area contributed by atoms with Crippen molar-refractivity contribution in [2.75, 3.05) is 13.6 Å².